The van der Waals surface area contributed by atoms with E-state index < -0.39 is 0 Å². The third kappa shape index (κ3) is 2.43. The average Bonchev–Trinajstić information content (AvgIpc) is 2.84. The summed E-state index contributed by atoms with van der Waals surface area (Å²) < 4.78 is 1.97. The molecule has 0 saturated heterocycles. The summed E-state index contributed by atoms with van der Waals surface area (Å²) in [6, 6.07) is 0.660. The number of hydrogen-bond acceptors (Lipinski definition) is 2. The van der Waals surface area contributed by atoms with E-state index in [1.54, 1.807) is 0 Å². The van der Waals surface area contributed by atoms with Gasteiger partial charge in [0.25, 0.3) is 0 Å². The van der Waals surface area contributed by atoms with Gasteiger partial charge in [0.05, 0.1) is 16.4 Å². The van der Waals surface area contributed by atoms with Gasteiger partial charge in [0, 0.05) is 13.1 Å². The molecule has 1 aromatic rings. The number of aromatic nitrogens is 2. The van der Waals surface area contributed by atoms with Crippen LogP contribution in [0.25, 0.3) is 0 Å². The van der Waals surface area contributed by atoms with Gasteiger partial charge in [0.2, 0.25) is 0 Å². The van der Waals surface area contributed by atoms with Crippen LogP contribution in [-0.4, -0.2) is 22.9 Å². The number of aryl methyl sites for hydroxylation is 2. The lowest BCUT2D eigenvalue weighted by atomic mass is 9.91. The summed E-state index contributed by atoms with van der Waals surface area (Å²) >= 11 is 6.43. The zero-order valence-electron chi connectivity index (χ0n) is 11.8. The molecular formula is C14H24ClN3. The van der Waals surface area contributed by atoms with Crippen molar-refractivity contribution < 1.29 is 0 Å². The first-order chi connectivity index (χ1) is 8.58. The summed E-state index contributed by atoms with van der Waals surface area (Å²) in [5.41, 5.74) is 2.24. The van der Waals surface area contributed by atoms with Crippen molar-refractivity contribution in [3.05, 3.63) is 16.4 Å². The predicted octanol–water partition coefficient (Wildman–Crippen LogP) is 2.81. The SMILES string of the molecule is CCc1nn(C)c(CC2CCC(NC)C2C)c1Cl. The van der Waals surface area contributed by atoms with E-state index in [2.05, 4.69) is 31.3 Å². The maximum Gasteiger partial charge on any atom is 0.0849 e. The summed E-state index contributed by atoms with van der Waals surface area (Å²) in [6.45, 7) is 4.46. The Kier molecular flexibility index (Phi) is 4.33. The third-order valence-corrected chi connectivity index (χ3v) is 4.99. The maximum atomic E-state index is 6.43. The standard InChI is InChI=1S/C14H24ClN3/c1-5-11-14(15)13(18(4)17-11)8-10-6-7-12(16-3)9(10)2/h9-10,12,16H,5-8H2,1-4H3. The lowest BCUT2D eigenvalue weighted by molar-refractivity contribution is 0.358. The van der Waals surface area contributed by atoms with Gasteiger partial charge in [-0.25, -0.2) is 0 Å². The van der Waals surface area contributed by atoms with Crippen molar-refractivity contribution in [2.45, 2.75) is 45.6 Å². The maximum absolute atomic E-state index is 6.43. The number of nitrogens with zero attached hydrogens (tertiary/aromatic N) is 2. The topological polar surface area (TPSA) is 29.9 Å². The molecule has 0 bridgehead atoms. The molecule has 18 heavy (non-hydrogen) atoms. The molecule has 1 fully saturated rings. The van der Waals surface area contributed by atoms with Crippen molar-refractivity contribution in [1.29, 1.82) is 0 Å². The highest BCUT2D eigenvalue weighted by molar-refractivity contribution is 6.31. The van der Waals surface area contributed by atoms with E-state index in [-0.39, 0.29) is 0 Å². The van der Waals surface area contributed by atoms with Gasteiger partial charge in [0.1, 0.15) is 0 Å². The fourth-order valence-corrected chi connectivity index (χ4v) is 3.60. The Labute approximate surface area is 115 Å². The van der Waals surface area contributed by atoms with Gasteiger partial charge in [-0.1, -0.05) is 25.4 Å². The monoisotopic (exact) mass is 269 g/mol. The molecule has 1 saturated carbocycles. The first-order valence-electron chi connectivity index (χ1n) is 6.96. The van der Waals surface area contributed by atoms with Crippen LogP contribution >= 0.6 is 11.6 Å². The smallest absolute Gasteiger partial charge is 0.0849 e. The van der Waals surface area contributed by atoms with Gasteiger partial charge in [-0.15, -0.1) is 0 Å². The molecule has 0 amide bonds. The molecule has 3 nitrogen and oxygen atoms in total. The van der Waals surface area contributed by atoms with E-state index in [1.807, 2.05) is 11.7 Å². The van der Waals surface area contributed by atoms with E-state index in [0.717, 1.165) is 29.5 Å². The summed E-state index contributed by atoms with van der Waals surface area (Å²) in [4.78, 5) is 0. The molecule has 0 radical (unpaired) electrons. The zero-order valence-corrected chi connectivity index (χ0v) is 12.6. The van der Waals surface area contributed by atoms with E-state index >= 15 is 0 Å². The summed E-state index contributed by atoms with van der Waals surface area (Å²) in [7, 11) is 4.07. The van der Waals surface area contributed by atoms with Gasteiger partial charge in [0.15, 0.2) is 0 Å². The molecule has 102 valence electrons. The summed E-state index contributed by atoms with van der Waals surface area (Å²) in [5, 5.41) is 8.81. The van der Waals surface area contributed by atoms with Crippen LogP contribution in [0.4, 0.5) is 0 Å². The minimum absolute atomic E-state index is 0.660. The lowest BCUT2D eigenvalue weighted by Crippen LogP contribution is -2.29. The van der Waals surface area contributed by atoms with Gasteiger partial charge in [-0.2, -0.15) is 5.10 Å². The second-order valence-electron chi connectivity index (χ2n) is 5.48. The average molecular weight is 270 g/mol. The molecule has 1 aliphatic carbocycles. The number of halogens is 1. The van der Waals surface area contributed by atoms with Gasteiger partial charge in [-0.05, 0) is 44.6 Å². The number of rotatable bonds is 4. The van der Waals surface area contributed by atoms with Crippen LogP contribution in [0.1, 0.15) is 38.1 Å². The van der Waals surface area contributed by atoms with Crippen LogP contribution < -0.4 is 5.32 Å². The molecule has 0 spiro atoms. The van der Waals surface area contributed by atoms with Crippen molar-refractivity contribution in [3.63, 3.8) is 0 Å². The minimum atomic E-state index is 0.660. The molecule has 1 aliphatic rings. The molecule has 2 rings (SSSR count). The second-order valence-corrected chi connectivity index (χ2v) is 5.86. The van der Waals surface area contributed by atoms with Crippen LogP contribution in [0.15, 0.2) is 0 Å². The fourth-order valence-electron chi connectivity index (χ4n) is 3.23. The Morgan fingerprint density at radius 1 is 1.44 bits per heavy atom. The molecule has 0 aromatic carbocycles. The molecule has 3 atom stereocenters. The van der Waals surface area contributed by atoms with E-state index in [0.29, 0.717) is 12.0 Å². The molecule has 1 aromatic heterocycles. The van der Waals surface area contributed by atoms with Crippen molar-refractivity contribution >= 4 is 11.6 Å². The fraction of sp³-hybridized carbons (Fsp3) is 0.786. The summed E-state index contributed by atoms with van der Waals surface area (Å²) in [5.74, 6) is 1.44. The summed E-state index contributed by atoms with van der Waals surface area (Å²) in [6.07, 6.45) is 4.53. The molecule has 3 unspecified atom stereocenters. The van der Waals surface area contributed by atoms with Crippen LogP contribution in [0.3, 0.4) is 0 Å². The largest absolute Gasteiger partial charge is 0.317 e. The highest BCUT2D eigenvalue weighted by atomic mass is 35.5. The number of nitrogens with one attached hydrogen (secondary N) is 1. The normalized spacial score (nSPS) is 27.9. The molecule has 1 heterocycles. The van der Waals surface area contributed by atoms with E-state index in [1.165, 1.54) is 18.5 Å². The van der Waals surface area contributed by atoms with Crippen molar-refractivity contribution in [2.24, 2.45) is 18.9 Å². The number of hydrogen-bond donors (Lipinski definition) is 1. The Hall–Kier alpha value is -0.540. The Bertz CT molecular complexity index is 413. The second kappa shape index (κ2) is 5.62. The van der Waals surface area contributed by atoms with Crippen molar-refractivity contribution in [2.75, 3.05) is 7.05 Å². The quantitative estimate of drug-likeness (QED) is 0.911. The Morgan fingerprint density at radius 3 is 2.67 bits per heavy atom. The van der Waals surface area contributed by atoms with E-state index in [9.17, 15) is 0 Å². The molecule has 4 heteroatoms. The van der Waals surface area contributed by atoms with Gasteiger partial charge >= 0.3 is 0 Å². The highest BCUT2D eigenvalue weighted by Gasteiger charge is 2.33. The molecular weight excluding hydrogens is 246 g/mol. The third-order valence-electron chi connectivity index (χ3n) is 4.56. The Balaban J connectivity index is 2.13. The lowest BCUT2D eigenvalue weighted by Gasteiger charge is -2.20. The van der Waals surface area contributed by atoms with Crippen molar-refractivity contribution in [3.8, 4) is 0 Å². The highest BCUT2D eigenvalue weighted by Crippen LogP contribution is 2.35. The van der Waals surface area contributed by atoms with Gasteiger partial charge < -0.3 is 5.32 Å². The van der Waals surface area contributed by atoms with Crippen molar-refractivity contribution in [1.82, 2.24) is 15.1 Å². The Morgan fingerprint density at radius 2 is 2.17 bits per heavy atom. The predicted molar refractivity (Wildman–Crippen MR) is 76.0 cm³/mol. The van der Waals surface area contributed by atoms with Crippen LogP contribution in [-0.2, 0) is 19.9 Å². The van der Waals surface area contributed by atoms with Crippen LogP contribution in [0.2, 0.25) is 5.02 Å². The molecule has 0 aliphatic heterocycles. The van der Waals surface area contributed by atoms with E-state index in [4.69, 9.17) is 11.6 Å². The van der Waals surface area contributed by atoms with Crippen LogP contribution in [0.5, 0.6) is 0 Å². The van der Waals surface area contributed by atoms with Gasteiger partial charge in [-0.3, -0.25) is 4.68 Å². The molecule has 1 N–H and O–H groups in total. The van der Waals surface area contributed by atoms with Crippen LogP contribution in [0, 0.1) is 11.8 Å². The first-order valence-corrected chi connectivity index (χ1v) is 7.33. The minimum Gasteiger partial charge on any atom is -0.317 e. The zero-order chi connectivity index (χ0) is 13.3. The first kappa shape index (κ1) is 13.9.